The van der Waals surface area contributed by atoms with E-state index in [4.69, 9.17) is 0 Å². The summed E-state index contributed by atoms with van der Waals surface area (Å²) in [5.74, 6) is 6.49. The first-order chi connectivity index (χ1) is 13.3. The molecule has 4 fully saturated rings. The summed E-state index contributed by atoms with van der Waals surface area (Å²) in [6, 6.07) is 0. The Morgan fingerprint density at radius 2 is 1.54 bits per heavy atom. The van der Waals surface area contributed by atoms with Crippen LogP contribution >= 0.6 is 0 Å². The van der Waals surface area contributed by atoms with E-state index in [9.17, 15) is 5.11 Å². The van der Waals surface area contributed by atoms with E-state index in [1.165, 1.54) is 64.2 Å². The van der Waals surface area contributed by atoms with Crippen LogP contribution in [-0.4, -0.2) is 11.2 Å². The van der Waals surface area contributed by atoms with Gasteiger partial charge in [-0.2, -0.15) is 0 Å². The lowest BCUT2D eigenvalue weighted by Crippen LogP contribution is -2.54. The van der Waals surface area contributed by atoms with Gasteiger partial charge in [0.2, 0.25) is 0 Å². The van der Waals surface area contributed by atoms with Crippen LogP contribution in [0, 0.1) is 52.3 Å². The highest BCUT2D eigenvalue weighted by molar-refractivity contribution is 5.09. The molecule has 1 N–H and O–H groups in total. The van der Waals surface area contributed by atoms with Crippen LogP contribution in [0.4, 0.5) is 0 Å². The quantitative estimate of drug-likeness (QED) is 0.518. The predicted octanol–water partition coefficient (Wildman–Crippen LogP) is 7.47. The smallest absolute Gasteiger partial charge is 0.0543 e. The Morgan fingerprint density at radius 1 is 0.821 bits per heavy atom. The molecule has 0 saturated heterocycles. The van der Waals surface area contributed by atoms with Crippen molar-refractivity contribution in [1.29, 1.82) is 0 Å². The van der Waals surface area contributed by atoms with Gasteiger partial charge in [0.25, 0.3) is 0 Å². The molecule has 0 amide bonds. The maximum Gasteiger partial charge on any atom is 0.0543 e. The van der Waals surface area contributed by atoms with Crippen LogP contribution in [-0.2, 0) is 0 Å². The van der Waals surface area contributed by atoms with Gasteiger partial charge < -0.3 is 5.11 Å². The van der Waals surface area contributed by atoms with Crippen molar-refractivity contribution in [3.63, 3.8) is 0 Å². The third kappa shape index (κ3) is 3.50. The summed E-state index contributed by atoms with van der Waals surface area (Å²) in [5.41, 5.74) is 1.15. The van der Waals surface area contributed by atoms with Gasteiger partial charge >= 0.3 is 0 Å². The van der Waals surface area contributed by atoms with Crippen LogP contribution < -0.4 is 0 Å². The third-order valence-electron chi connectivity index (χ3n) is 10.8. The zero-order chi connectivity index (χ0) is 20.1. The molecular formula is C27H48O. The predicted molar refractivity (Wildman–Crippen MR) is 119 cm³/mol. The molecule has 4 saturated carbocycles. The number of hydrogen-bond acceptors (Lipinski definition) is 1. The van der Waals surface area contributed by atoms with E-state index in [0.717, 1.165) is 54.3 Å². The second kappa shape index (κ2) is 7.90. The second-order valence-corrected chi connectivity index (χ2v) is 12.6. The van der Waals surface area contributed by atoms with Gasteiger partial charge in [-0.1, -0.05) is 53.9 Å². The molecule has 1 nitrogen and oxygen atoms in total. The number of rotatable bonds is 5. The largest absolute Gasteiger partial charge is 0.393 e. The molecule has 0 aliphatic heterocycles. The normalized spacial score (nSPS) is 49.4. The van der Waals surface area contributed by atoms with Gasteiger partial charge in [0.1, 0.15) is 0 Å². The fraction of sp³-hybridized carbons (Fsp3) is 1.00. The minimum absolute atomic E-state index is 0.00830. The highest BCUT2D eigenvalue weighted by Gasteiger charge is 2.60. The molecule has 4 aliphatic carbocycles. The van der Waals surface area contributed by atoms with Crippen LogP contribution in [0.3, 0.4) is 0 Å². The minimum Gasteiger partial charge on any atom is -0.393 e. The molecule has 0 bridgehead atoms. The highest BCUT2D eigenvalue weighted by Crippen LogP contribution is 2.68. The lowest BCUT2D eigenvalue weighted by atomic mass is 9.44. The van der Waals surface area contributed by atoms with E-state index >= 15 is 0 Å². The Kier molecular flexibility index (Phi) is 5.98. The zero-order valence-corrected chi connectivity index (χ0v) is 19.6. The van der Waals surface area contributed by atoms with Crippen LogP contribution in [0.2, 0.25) is 0 Å². The molecule has 0 aromatic carbocycles. The van der Waals surface area contributed by atoms with Crippen LogP contribution in [0.5, 0.6) is 0 Å². The fourth-order valence-corrected chi connectivity index (χ4v) is 9.26. The first-order valence-electron chi connectivity index (χ1n) is 12.9. The molecule has 7 unspecified atom stereocenters. The van der Waals surface area contributed by atoms with E-state index in [1.807, 2.05) is 0 Å². The van der Waals surface area contributed by atoms with Crippen molar-refractivity contribution >= 4 is 0 Å². The van der Waals surface area contributed by atoms with Gasteiger partial charge in [-0.25, -0.2) is 0 Å². The summed E-state index contributed by atoms with van der Waals surface area (Å²) < 4.78 is 0. The second-order valence-electron chi connectivity index (χ2n) is 12.6. The molecule has 0 heterocycles. The monoisotopic (exact) mass is 388 g/mol. The van der Waals surface area contributed by atoms with Gasteiger partial charge in [0, 0.05) is 0 Å². The van der Waals surface area contributed by atoms with Gasteiger partial charge in [-0.05, 0) is 110 Å². The van der Waals surface area contributed by atoms with Crippen LogP contribution in [0.25, 0.3) is 0 Å². The molecule has 0 aromatic rings. The van der Waals surface area contributed by atoms with Crippen molar-refractivity contribution in [2.45, 2.75) is 118 Å². The molecule has 0 radical (unpaired) electrons. The molecule has 9 atom stereocenters. The highest BCUT2D eigenvalue weighted by atomic mass is 16.3. The van der Waals surface area contributed by atoms with E-state index in [2.05, 4.69) is 34.6 Å². The van der Waals surface area contributed by atoms with Gasteiger partial charge in [-0.15, -0.1) is 0 Å². The van der Waals surface area contributed by atoms with Crippen molar-refractivity contribution in [2.75, 3.05) is 0 Å². The lowest BCUT2D eigenvalue weighted by Gasteiger charge is -2.61. The van der Waals surface area contributed by atoms with Crippen molar-refractivity contribution in [1.82, 2.24) is 0 Å². The fourth-order valence-electron chi connectivity index (χ4n) is 9.26. The SMILES string of the molecule is CC(C)CCCC(C)C1CCC2C3CC[C@H]4C[C@H](O)CCC4(C)C3CCC12C. The zero-order valence-electron chi connectivity index (χ0n) is 19.6. The van der Waals surface area contributed by atoms with Crippen molar-refractivity contribution in [2.24, 2.45) is 52.3 Å². The van der Waals surface area contributed by atoms with E-state index < -0.39 is 0 Å². The first kappa shape index (κ1) is 21.2. The standard InChI is InChI=1S/C27H48O/c1-18(2)7-6-8-19(3)23-11-12-24-22-10-9-20-17-21(28)13-15-26(20,4)25(22)14-16-27(23,24)5/h18-25,28H,6-17H2,1-5H3/t19?,20-,21+,22?,23?,24?,25?,26?,27?/m0/s1. The van der Waals surface area contributed by atoms with E-state index in [0.29, 0.717) is 10.8 Å². The van der Waals surface area contributed by atoms with E-state index in [1.54, 1.807) is 0 Å². The Bertz CT molecular complexity index is 540. The number of aliphatic hydroxyl groups is 1. The van der Waals surface area contributed by atoms with Crippen molar-refractivity contribution < 1.29 is 5.11 Å². The van der Waals surface area contributed by atoms with Crippen molar-refractivity contribution in [3.8, 4) is 0 Å². The summed E-state index contributed by atoms with van der Waals surface area (Å²) in [7, 11) is 0. The summed E-state index contributed by atoms with van der Waals surface area (Å²) in [6.45, 7) is 12.7. The Balaban J connectivity index is 1.46. The Hall–Kier alpha value is -0.0400. The third-order valence-corrected chi connectivity index (χ3v) is 10.8. The topological polar surface area (TPSA) is 20.2 Å². The van der Waals surface area contributed by atoms with Crippen molar-refractivity contribution in [3.05, 3.63) is 0 Å². The van der Waals surface area contributed by atoms with Crippen LogP contribution in [0.1, 0.15) is 112 Å². The molecule has 0 spiro atoms. The Morgan fingerprint density at radius 3 is 2.29 bits per heavy atom. The van der Waals surface area contributed by atoms with Gasteiger partial charge in [-0.3, -0.25) is 0 Å². The number of aliphatic hydroxyl groups excluding tert-OH is 1. The number of fused-ring (bicyclic) bond motifs is 5. The summed E-state index contributed by atoms with van der Waals surface area (Å²) in [6.07, 6.45) is 16.6. The lowest BCUT2D eigenvalue weighted by molar-refractivity contribution is -0.129. The minimum atomic E-state index is -0.00830. The average molecular weight is 389 g/mol. The summed E-state index contributed by atoms with van der Waals surface area (Å²) in [5, 5.41) is 10.3. The summed E-state index contributed by atoms with van der Waals surface area (Å²) >= 11 is 0. The maximum absolute atomic E-state index is 10.3. The average Bonchev–Trinajstić information content (AvgIpc) is 2.99. The molecule has 28 heavy (non-hydrogen) atoms. The van der Waals surface area contributed by atoms with Gasteiger partial charge in [0.15, 0.2) is 0 Å². The number of hydrogen-bond donors (Lipinski definition) is 1. The van der Waals surface area contributed by atoms with E-state index in [-0.39, 0.29) is 6.10 Å². The molecule has 162 valence electrons. The van der Waals surface area contributed by atoms with Crippen LogP contribution in [0.15, 0.2) is 0 Å². The maximum atomic E-state index is 10.3. The molecule has 4 rings (SSSR count). The summed E-state index contributed by atoms with van der Waals surface area (Å²) in [4.78, 5) is 0. The Labute approximate surface area is 175 Å². The molecule has 0 aromatic heterocycles. The first-order valence-corrected chi connectivity index (χ1v) is 12.9. The molecule has 1 heteroatoms. The molecular weight excluding hydrogens is 340 g/mol. The molecule has 4 aliphatic rings. The van der Waals surface area contributed by atoms with Gasteiger partial charge in [0.05, 0.1) is 6.10 Å².